The van der Waals surface area contributed by atoms with Crippen molar-refractivity contribution in [1.29, 1.82) is 0 Å². The molecule has 168 valence electrons. The first-order chi connectivity index (χ1) is 14.5. The van der Waals surface area contributed by atoms with Crippen molar-refractivity contribution >= 4 is 24.9 Å². The maximum atomic E-state index is 10.6. The lowest BCUT2D eigenvalue weighted by Crippen LogP contribution is -2.24. The molecule has 1 aliphatic rings. The Kier molecular flexibility index (Phi) is 12.1. The van der Waals surface area contributed by atoms with Crippen LogP contribution in [0.3, 0.4) is 0 Å². The fourth-order valence-corrected chi connectivity index (χ4v) is 5.00. The third-order valence-corrected chi connectivity index (χ3v) is 6.85. The van der Waals surface area contributed by atoms with Crippen molar-refractivity contribution < 1.29 is 24.1 Å². The van der Waals surface area contributed by atoms with Crippen LogP contribution in [0, 0.1) is 11.8 Å². The second-order valence-corrected chi connectivity index (χ2v) is 8.70. The van der Waals surface area contributed by atoms with Crippen molar-refractivity contribution in [3.8, 4) is 0 Å². The smallest absolute Gasteiger partial charge is 0.303 e. The average Bonchev–Trinajstić information content (AvgIpc) is 3.05. The van der Waals surface area contributed by atoms with E-state index in [-0.39, 0.29) is 36.6 Å². The Morgan fingerprint density at radius 1 is 1.17 bits per heavy atom. The molecule has 7 heteroatoms. The van der Waals surface area contributed by atoms with Gasteiger partial charge in [0.2, 0.25) is 0 Å². The molecule has 1 saturated carbocycles. The molecule has 0 bridgehead atoms. The number of hydrogen-bond donors (Lipinski definition) is 2. The normalized spacial score (nSPS) is 25.0. The molecule has 0 saturated heterocycles. The highest BCUT2D eigenvalue weighted by molar-refractivity contribution is 7.10. The van der Waals surface area contributed by atoms with Gasteiger partial charge in [-0.3, -0.25) is 4.79 Å². The molecule has 2 N–H and O–H groups in total. The molecule has 1 aromatic carbocycles. The van der Waals surface area contributed by atoms with Gasteiger partial charge in [-0.1, -0.05) is 42.5 Å². The molecule has 2 rings (SSSR count). The highest BCUT2D eigenvalue weighted by Gasteiger charge is 2.41. The summed E-state index contributed by atoms with van der Waals surface area (Å²) in [5.74, 6) is -0.320. The summed E-state index contributed by atoms with van der Waals surface area (Å²) in [7, 11) is 4.77. The monoisotopic (exact) mass is 454 g/mol. The van der Waals surface area contributed by atoms with E-state index in [4.69, 9.17) is 14.2 Å². The number of carboxylic acids is 1. The van der Waals surface area contributed by atoms with Gasteiger partial charge in [0.15, 0.2) is 0 Å². The van der Waals surface area contributed by atoms with Crippen LogP contribution in [0.25, 0.3) is 0 Å². The summed E-state index contributed by atoms with van der Waals surface area (Å²) in [5, 5.41) is 19.3. The second kappa shape index (κ2) is 14.3. The van der Waals surface area contributed by atoms with Gasteiger partial charge < -0.3 is 19.3 Å². The van der Waals surface area contributed by atoms with Crippen molar-refractivity contribution in [2.24, 2.45) is 11.8 Å². The SMILES string of the molecule is O=C(O)CCC/C=C\CC1[C@@H](CC[C@H](CCc2ccccc2)OP)[C@H](OP)C[C@@H]1O. The largest absolute Gasteiger partial charge is 0.481 e. The van der Waals surface area contributed by atoms with E-state index in [1.54, 1.807) is 0 Å². The lowest BCUT2D eigenvalue weighted by Gasteiger charge is -2.26. The number of aliphatic hydroxyl groups excluding tert-OH is 1. The standard InChI is InChI=1S/C23H36O5P2/c24-21-16-22(28-30)20(19(21)10-6-1-2-7-11-23(25)26)15-14-18(27-29)13-12-17-8-4-3-5-9-17/h1,3-6,8-9,18-22,24H,2,7,10-16,29-30H2,(H,25,26)/b6-1-/t18-,19?,20+,21-,22+/m0/s1. The topological polar surface area (TPSA) is 76.0 Å². The Labute approximate surface area is 185 Å². The number of rotatable bonds is 14. The molecular formula is C23H36O5P2. The molecule has 1 aliphatic carbocycles. The summed E-state index contributed by atoms with van der Waals surface area (Å²) < 4.78 is 11.3. The number of aryl methyl sites for hydroxylation is 1. The van der Waals surface area contributed by atoms with Crippen LogP contribution in [0.15, 0.2) is 42.5 Å². The van der Waals surface area contributed by atoms with Crippen LogP contribution >= 0.6 is 18.9 Å². The highest BCUT2D eigenvalue weighted by Crippen LogP contribution is 2.41. The molecule has 1 aromatic rings. The van der Waals surface area contributed by atoms with Crippen molar-refractivity contribution in [3.05, 3.63) is 48.0 Å². The zero-order valence-electron chi connectivity index (χ0n) is 17.6. The van der Waals surface area contributed by atoms with Gasteiger partial charge in [-0.05, 0) is 62.3 Å². The molecule has 0 heterocycles. The third kappa shape index (κ3) is 8.73. The molecule has 0 radical (unpaired) electrons. The zero-order chi connectivity index (χ0) is 21.8. The first-order valence-electron chi connectivity index (χ1n) is 10.8. The maximum absolute atomic E-state index is 10.6. The molecule has 30 heavy (non-hydrogen) atoms. The lowest BCUT2D eigenvalue weighted by molar-refractivity contribution is -0.137. The van der Waals surface area contributed by atoms with Crippen LogP contribution < -0.4 is 0 Å². The Hall–Kier alpha value is -0.830. The fourth-order valence-electron chi connectivity index (χ4n) is 4.41. The van der Waals surface area contributed by atoms with Crippen LogP contribution in [0.1, 0.15) is 56.9 Å². The van der Waals surface area contributed by atoms with E-state index in [1.165, 1.54) is 5.56 Å². The number of unbranched alkanes of at least 4 members (excludes halogenated alkanes) is 1. The molecule has 0 amide bonds. The van der Waals surface area contributed by atoms with Gasteiger partial charge >= 0.3 is 5.97 Å². The van der Waals surface area contributed by atoms with E-state index in [0.29, 0.717) is 12.8 Å². The Morgan fingerprint density at radius 2 is 1.93 bits per heavy atom. The van der Waals surface area contributed by atoms with Crippen molar-refractivity contribution in [2.75, 3.05) is 0 Å². The molecule has 0 aliphatic heterocycles. The van der Waals surface area contributed by atoms with Crippen LogP contribution in [-0.4, -0.2) is 34.5 Å². The van der Waals surface area contributed by atoms with Gasteiger partial charge in [0, 0.05) is 31.8 Å². The Morgan fingerprint density at radius 3 is 2.60 bits per heavy atom. The number of benzene rings is 1. The van der Waals surface area contributed by atoms with Crippen LogP contribution in [-0.2, 0) is 20.3 Å². The summed E-state index contributed by atoms with van der Waals surface area (Å²) in [4.78, 5) is 10.6. The lowest BCUT2D eigenvalue weighted by atomic mass is 9.85. The zero-order valence-corrected chi connectivity index (χ0v) is 19.9. The highest BCUT2D eigenvalue weighted by atomic mass is 31.0. The predicted octanol–water partition coefficient (Wildman–Crippen LogP) is 4.95. The number of aliphatic hydroxyl groups is 1. The fraction of sp³-hybridized carbons (Fsp3) is 0.609. The minimum Gasteiger partial charge on any atom is -0.481 e. The minimum absolute atomic E-state index is 0.0368. The van der Waals surface area contributed by atoms with Gasteiger partial charge in [-0.2, -0.15) is 0 Å². The Balaban J connectivity index is 1.84. The van der Waals surface area contributed by atoms with E-state index < -0.39 is 5.97 Å². The number of allylic oxidation sites excluding steroid dienone is 2. The number of hydrogen-bond acceptors (Lipinski definition) is 4. The Bertz CT molecular complexity index is 640. The van der Waals surface area contributed by atoms with Crippen molar-refractivity contribution in [3.63, 3.8) is 0 Å². The molecular weight excluding hydrogens is 418 g/mol. The predicted molar refractivity (Wildman–Crippen MR) is 126 cm³/mol. The second-order valence-electron chi connectivity index (χ2n) is 8.16. The summed E-state index contributed by atoms with van der Waals surface area (Å²) in [5.41, 5.74) is 1.32. The summed E-state index contributed by atoms with van der Waals surface area (Å²) in [6, 6.07) is 10.4. The molecule has 0 spiro atoms. The molecule has 3 unspecified atom stereocenters. The van der Waals surface area contributed by atoms with E-state index in [2.05, 4.69) is 49.3 Å². The maximum Gasteiger partial charge on any atom is 0.303 e. The average molecular weight is 454 g/mol. The third-order valence-electron chi connectivity index (χ3n) is 6.12. The first-order valence-corrected chi connectivity index (χ1v) is 11.8. The number of carbonyl (C=O) groups is 1. The van der Waals surface area contributed by atoms with Gasteiger partial charge in [0.05, 0.1) is 18.3 Å². The molecule has 0 aromatic heterocycles. The molecule has 5 nitrogen and oxygen atoms in total. The first kappa shape index (κ1) is 25.4. The van der Waals surface area contributed by atoms with Crippen molar-refractivity contribution in [2.45, 2.75) is 76.1 Å². The van der Waals surface area contributed by atoms with E-state index >= 15 is 0 Å². The minimum atomic E-state index is -0.756. The van der Waals surface area contributed by atoms with E-state index in [0.717, 1.165) is 38.5 Å². The van der Waals surface area contributed by atoms with Crippen LogP contribution in [0.2, 0.25) is 0 Å². The van der Waals surface area contributed by atoms with Gasteiger partial charge in [0.25, 0.3) is 0 Å². The van der Waals surface area contributed by atoms with Gasteiger partial charge in [0.1, 0.15) is 0 Å². The molecule has 7 atom stereocenters. The quantitative estimate of drug-likeness (QED) is 0.236. The van der Waals surface area contributed by atoms with Crippen LogP contribution in [0.4, 0.5) is 0 Å². The van der Waals surface area contributed by atoms with Crippen molar-refractivity contribution in [1.82, 2.24) is 0 Å². The van der Waals surface area contributed by atoms with Gasteiger partial charge in [-0.15, -0.1) is 0 Å². The van der Waals surface area contributed by atoms with E-state index in [9.17, 15) is 9.90 Å². The summed E-state index contributed by atoms with van der Waals surface area (Å²) in [6.45, 7) is 0. The summed E-state index contributed by atoms with van der Waals surface area (Å²) in [6.07, 6.45) is 10.8. The summed E-state index contributed by atoms with van der Waals surface area (Å²) >= 11 is 0. The van der Waals surface area contributed by atoms with Crippen LogP contribution in [0.5, 0.6) is 0 Å². The van der Waals surface area contributed by atoms with Gasteiger partial charge in [-0.25, -0.2) is 0 Å². The van der Waals surface area contributed by atoms with E-state index in [1.807, 2.05) is 12.1 Å². The number of aliphatic carboxylic acids is 1. The molecule has 1 fully saturated rings. The number of carboxylic acid groups (broad SMARTS) is 1.